The Bertz CT molecular complexity index is 1080. The van der Waals surface area contributed by atoms with E-state index in [2.05, 4.69) is 51.8 Å². The minimum absolute atomic E-state index is 0.134. The van der Waals surface area contributed by atoms with Gasteiger partial charge in [-0.1, -0.05) is 28.1 Å². The highest BCUT2D eigenvalue weighted by Crippen LogP contribution is 2.32. The normalized spacial score (nSPS) is 11.3. The Hall–Kier alpha value is -2.15. The van der Waals surface area contributed by atoms with Crippen LogP contribution in [-0.2, 0) is 15.8 Å². The molecule has 0 bridgehead atoms. The van der Waals surface area contributed by atoms with Crippen LogP contribution in [0, 0.1) is 0 Å². The van der Waals surface area contributed by atoms with Crippen LogP contribution in [0.4, 0.5) is 0 Å². The number of sulfonamides is 1. The number of hydrogen-bond donors (Lipinski definition) is 1. The average molecular weight is 545 g/mol. The van der Waals surface area contributed by atoms with Gasteiger partial charge >= 0.3 is 6.01 Å². The Labute approximate surface area is 184 Å². The quantitative estimate of drug-likeness (QED) is 0.428. The Balaban J connectivity index is 1.80. The molecular weight excluding hydrogens is 530 g/mol. The molecule has 2 heterocycles. The number of primary sulfonamides is 1. The van der Waals surface area contributed by atoms with Crippen LogP contribution in [0.5, 0.6) is 11.9 Å². The van der Waals surface area contributed by atoms with E-state index in [0.29, 0.717) is 11.1 Å². The summed E-state index contributed by atoms with van der Waals surface area (Å²) < 4.78 is 36.0. The first-order valence-electron chi connectivity index (χ1n) is 8.15. The van der Waals surface area contributed by atoms with Crippen molar-refractivity contribution in [2.45, 2.75) is 5.75 Å². The van der Waals surface area contributed by atoms with Gasteiger partial charge in [-0.15, -0.1) is 0 Å². The summed E-state index contributed by atoms with van der Waals surface area (Å²) in [5.41, 5.74) is 1.39. The van der Waals surface area contributed by atoms with Gasteiger partial charge in [0.2, 0.25) is 15.9 Å². The fourth-order valence-electron chi connectivity index (χ4n) is 2.37. The molecule has 0 fully saturated rings. The lowest BCUT2D eigenvalue weighted by Gasteiger charge is -2.14. The Morgan fingerprint density at radius 2 is 1.55 bits per heavy atom. The highest BCUT2D eigenvalue weighted by Gasteiger charge is 2.19. The van der Waals surface area contributed by atoms with E-state index in [1.54, 1.807) is 24.5 Å². The molecule has 12 heteroatoms. The molecule has 3 rings (SSSR count). The molecule has 1 aromatic carbocycles. The van der Waals surface area contributed by atoms with Crippen LogP contribution >= 0.6 is 31.9 Å². The van der Waals surface area contributed by atoms with Crippen LogP contribution in [0.15, 0.2) is 51.9 Å². The van der Waals surface area contributed by atoms with Crippen LogP contribution in [-0.4, -0.2) is 41.6 Å². The fourth-order valence-corrected chi connectivity index (χ4v) is 3.43. The first-order valence-corrected chi connectivity index (χ1v) is 11.5. The summed E-state index contributed by atoms with van der Waals surface area (Å²) in [5.74, 6) is -0.221. The number of rotatable bonds is 8. The molecule has 0 aliphatic rings. The predicted octanol–water partition coefficient (Wildman–Crippen LogP) is 2.70. The van der Waals surface area contributed by atoms with Gasteiger partial charge in [-0.25, -0.2) is 33.5 Å². The lowest BCUT2D eigenvalue weighted by molar-refractivity contribution is 0.201. The van der Waals surface area contributed by atoms with E-state index in [-0.39, 0.29) is 30.8 Å². The maximum absolute atomic E-state index is 11.6. The van der Waals surface area contributed by atoms with Crippen molar-refractivity contribution in [3.05, 3.63) is 57.6 Å². The molecular formula is C17H15Br2N5O4S. The summed E-state index contributed by atoms with van der Waals surface area (Å²) in [6.07, 6.45) is 4.37. The highest BCUT2D eigenvalue weighted by molar-refractivity contribution is 9.10. The zero-order valence-corrected chi connectivity index (χ0v) is 18.8. The molecule has 0 saturated carbocycles. The van der Waals surface area contributed by atoms with E-state index < -0.39 is 15.8 Å². The molecule has 0 atom stereocenters. The topological polar surface area (TPSA) is 130 Å². The van der Waals surface area contributed by atoms with E-state index in [1.165, 1.54) is 6.33 Å². The van der Waals surface area contributed by atoms with Crippen LogP contribution in [0.25, 0.3) is 11.1 Å². The molecule has 0 saturated heterocycles. The first-order chi connectivity index (χ1) is 13.8. The van der Waals surface area contributed by atoms with Gasteiger partial charge in [-0.2, -0.15) is 0 Å². The molecule has 0 amide bonds. The zero-order chi connectivity index (χ0) is 20.9. The van der Waals surface area contributed by atoms with Crippen molar-refractivity contribution >= 4 is 41.9 Å². The molecule has 3 aromatic rings. The van der Waals surface area contributed by atoms with Gasteiger partial charge in [0.05, 0.1) is 15.7 Å². The zero-order valence-electron chi connectivity index (χ0n) is 14.8. The first kappa shape index (κ1) is 21.6. The third-order valence-corrected chi connectivity index (χ3v) is 5.13. The maximum atomic E-state index is 11.6. The molecule has 0 aliphatic heterocycles. The number of hydrogen-bond acceptors (Lipinski definition) is 8. The summed E-state index contributed by atoms with van der Waals surface area (Å²) in [6, 6.07) is 7.45. The van der Waals surface area contributed by atoms with Gasteiger partial charge in [0.25, 0.3) is 0 Å². The van der Waals surface area contributed by atoms with Crippen LogP contribution in [0.3, 0.4) is 0 Å². The van der Waals surface area contributed by atoms with Gasteiger partial charge in [0, 0.05) is 16.9 Å². The van der Waals surface area contributed by atoms with Crippen molar-refractivity contribution in [2.75, 3.05) is 13.2 Å². The van der Waals surface area contributed by atoms with Gasteiger partial charge in [-0.05, 0) is 33.6 Å². The minimum atomic E-state index is -3.80. The van der Waals surface area contributed by atoms with Crippen LogP contribution < -0.4 is 14.6 Å². The summed E-state index contributed by atoms with van der Waals surface area (Å²) in [5, 5.41) is 5.21. The summed E-state index contributed by atoms with van der Waals surface area (Å²) >= 11 is 6.62. The van der Waals surface area contributed by atoms with E-state index in [9.17, 15) is 8.42 Å². The molecule has 152 valence electrons. The van der Waals surface area contributed by atoms with Crippen molar-refractivity contribution < 1.29 is 17.9 Å². The van der Waals surface area contributed by atoms with Crippen LogP contribution in [0.2, 0.25) is 0 Å². The number of aromatic nitrogens is 4. The highest BCUT2D eigenvalue weighted by atomic mass is 79.9. The second-order valence-corrected chi connectivity index (χ2v) is 9.14. The van der Waals surface area contributed by atoms with Gasteiger partial charge < -0.3 is 9.47 Å². The number of halogens is 2. The van der Waals surface area contributed by atoms with Crippen LogP contribution in [0.1, 0.15) is 5.69 Å². The standard InChI is InChI=1S/C17H15Br2N5O4S/c18-12-3-1-11(2-4-12)15-14(9-29(20,25)26)23-10-24-16(15)27-5-6-28-17-21-7-13(19)8-22-17/h1-4,7-8,10H,5-6,9H2,(H2,20,25,26). The minimum Gasteiger partial charge on any atom is -0.474 e. The Kier molecular flexibility index (Phi) is 7.11. The summed E-state index contributed by atoms with van der Waals surface area (Å²) in [7, 11) is -3.80. The second kappa shape index (κ2) is 9.57. The van der Waals surface area contributed by atoms with Gasteiger partial charge in [0.15, 0.2) is 0 Å². The van der Waals surface area contributed by atoms with E-state index in [1.807, 2.05) is 12.1 Å². The largest absolute Gasteiger partial charge is 0.474 e. The maximum Gasteiger partial charge on any atom is 0.316 e. The van der Waals surface area contributed by atoms with Gasteiger partial charge in [0.1, 0.15) is 25.3 Å². The van der Waals surface area contributed by atoms with Crippen molar-refractivity contribution in [3.8, 4) is 23.0 Å². The molecule has 2 N–H and O–H groups in total. The average Bonchev–Trinajstić information content (AvgIpc) is 2.66. The predicted molar refractivity (Wildman–Crippen MR) is 113 cm³/mol. The molecule has 0 aliphatic carbocycles. The van der Waals surface area contributed by atoms with E-state index in [0.717, 1.165) is 8.95 Å². The molecule has 0 spiro atoms. The number of benzene rings is 1. The Morgan fingerprint density at radius 3 is 2.21 bits per heavy atom. The van der Waals surface area contributed by atoms with Crippen molar-refractivity contribution in [1.82, 2.24) is 19.9 Å². The summed E-state index contributed by atoms with van der Waals surface area (Å²) in [6.45, 7) is 0.296. The molecule has 0 radical (unpaired) electrons. The lowest BCUT2D eigenvalue weighted by Crippen LogP contribution is -2.17. The third kappa shape index (κ3) is 6.42. The van der Waals surface area contributed by atoms with E-state index >= 15 is 0 Å². The molecule has 2 aromatic heterocycles. The molecule has 9 nitrogen and oxygen atoms in total. The lowest BCUT2D eigenvalue weighted by atomic mass is 10.1. The van der Waals surface area contributed by atoms with Gasteiger partial charge in [-0.3, -0.25) is 0 Å². The van der Waals surface area contributed by atoms with E-state index in [4.69, 9.17) is 14.6 Å². The van der Waals surface area contributed by atoms with Crippen molar-refractivity contribution in [3.63, 3.8) is 0 Å². The smallest absolute Gasteiger partial charge is 0.316 e. The monoisotopic (exact) mass is 543 g/mol. The number of ether oxygens (including phenoxy) is 2. The number of nitrogens with two attached hydrogens (primary N) is 1. The number of nitrogens with zero attached hydrogens (tertiary/aromatic N) is 4. The SMILES string of the molecule is NS(=O)(=O)Cc1ncnc(OCCOc2ncc(Br)cn2)c1-c1ccc(Br)cc1. The third-order valence-electron chi connectivity index (χ3n) is 3.51. The van der Waals surface area contributed by atoms with Crippen molar-refractivity contribution in [2.24, 2.45) is 5.14 Å². The van der Waals surface area contributed by atoms with Crippen molar-refractivity contribution in [1.29, 1.82) is 0 Å². The summed E-state index contributed by atoms with van der Waals surface area (Å²) in [4.78, 5) is 16.2. The Morgan fingerprint density at radius 1 is 0.897 bits per heavy atom. The molecule has 29 heavy (non-hydrogen) atoms. The fraction of sp³-hybridized carbons (Fsp3) is 0.176. The second-order valence-electron chi connectivity index (χ2n) is 5.70. The molecule has 0 unspecified atom stereocenters.